The van der Waals surface area contributed by atoms with Crippen molar-refractivity contribution in [2.75, 3.05) is 18.6 Å². The lowest BCUT2D eigenvalue weighted by molar-refractivity contribution is 0.0765. The first-order valence-corrected chi connectivity index (χ1v) is 8.65. The Labute approximate surface area is 111 Å². The fourth-order valence-corrected chi connectivity index (χ4v) is 4.40. The molecule has 0 radical (unpaired) electrons. The van der Waals surface area contributed by atoms with E-state index in [1.54, 1.807) is 0 Å². The van der Waals surface area contributed by atoms with Crippen LogP contribution < -0.4 is 5.32 Å². The standard InChI is InChI=1S/C14H28N2S/c1-4-15-12-9-13-5-6-14(10-12)16(13)11(2)7-8-17-3/h11-15H,4-10H2,1-3H3. The topological polar surface area (TPSA) is 15.3 Å². The highest BCUT2D eigenvalue weighted by Gasteiger charge is 2.42. The Morgan fingerprint density at radius 2 is 1.94 bits per heavy atom. The van der Waals surface area contributed by atoms with E-state index in [2.05, 4.69) is 30.3 Å². The number of hydrogen-bond donors (Lipinski definition) is 1. The van der Waals surface area contributed by atoms with E-state index in [0.29, 0.717) is 0 Å². The summed E-state index contributed by atoms with van der Waals surface area (Å²) in [5.41, 5.74) is 0. The van der Waals surface area contributed by atoms with Gasteiger partial charge in [0.1, 0.15) is 0 Å². The number of nitrogens with one attached hydrogen (secondary N) is 1. The van der Waals surface area contributed by atoms with Gasteiger partial charge < -0.3 is 5.32 Å². The lowest BCUT2D eigenvalue weighted by Gasteiger charge is -2.42. The van der Waals surface area contributed by atoms with Crippen LogP contribution in [0, 0.1) is 0 Å². The van der Waals surface area contributed by atoms with Crippen LogP contribution in [-0.2, 0) is 0 Å². The van der Waals surface area contributed by atoms with E-state index in [-0.39, 0.29) is 0 Å². The van der Waals surface area contributed by atoms with Crippen LogP contribution in [0.2, 0.25) is 0 Å². The summed E-state index contributed by atoms with van der Waals surface area (Å²) in [5, 5.41) is 3.66. The minimum Gasteiger partial charge on any atom is -0.314 e. The molecule has 0 amide bonds. The van der Waals surface area contributed by atoms with Gasteiger partial charge in [-0.15, -0.1) is 0 Å². The molecule has 2 saturated heterocycles. The number of nitrogens with zero attached hydrogens (tertiary/aromatic N) is 1. The van der Waals surface area contributed by atoms with Crippen LogP contribution in [-0.4, -0.2) is 47.6 Å². The quantitative estimate of drug-likeness (QED) is 0.787. The maximum Gasteiger partial charge on any atom is 0.0116 e. The third-order valence-electron chi connectivity index (χ3n) is 4.53. The molecule has 3 unspecified atom stereocenters. The molecule has 2 heterocycles. The highest BCUT2D eigenvalue weighted by Crippen LogP contribution is 2.37. The third-order valence-corrected chi connectivity index (χ3v) is 5.18. The summed E-state index contributed by atoms with van der Waals surface area (Å²) in [5.74, 6) is 1.31. The molecule has 100 valence electrons. The van der Waals surface area contributed by atoms with Gasteiger partial charge >= 0.3 is 0 Å². The van der Waals surface area contributed by atoms with Gasteiger partial charge in [0.05, 0.1) is 0 Å². The predicted octanol–water partition coefficient (Wildman–Crippen LogP) is 2.73. The lowest BCUT2D eigenvalue weighted by atomic mass is 9.95. The van der Waals surface area contributed by atoms with Crippen LogP contribution in [0.15, 0.2) is 0 Å². The second kappa shape index (κ2) is 6.44. The van der Waals surface area contributed by atoms with Crippen molar-refractivity contribution in [3.05, 3.63) is 0 Å². The van der Waals surface area contributed by atoms with Gasteiger partial charge in [-0.1, -0.05) is 6.92 Å². The van der Waals surface area contributed by atoms with E-state index in [4.69, 9.17) is 0 Å². The summed E-state index contributed by atoms with van der Waals surface area (Å²) < 4.78 is 0. The van der Waals surface area contributed by atoms with Crippen molar-refractivity contribution in [1.29, 1.82) is 0 Å². The van der Waals surface area contributed by atoms with Crippen LogP contribution in [0.5, 0.6) is 0 Å². The molecule has 17 heavy (non-hydrogen) atoms. The van der Waals surface area contributed by atoms with Gasteiger partial charge in [0.25, 0.3) is 0 Å². The largest absolute Gasteiger partial charge is 0.314 e. The second-order valence-corrected chi connectivity index (χ2v) is 6.67. The van der Waals surface area contributed by atoms with Crippen LogP contribution in [0.4, 0.5) is 0 Å². The van der Waals surface area contributed by atoms with Crippen molar-refractivity contribution in [1.82, 2.24) is 10.2 Å². The van der Waals surface area contributed by atoms with E-state index < -0.39 is 0 Å². The Kier molecular flexibility index (Phi) is 5.19. The van der Waals surface area contributed by atoms with E-state index in [1.807, 2.05) is 11.8 Å². The number of rotatable bonds is 6. The van der Waals surface area contributed by atoms with Crippen molar-refractivity contribution in [2.24, 2.45) is 0 Å². The summed E-state index contributed by atoms with van der Waals surface area (Å²) in [6.07, 6.45) is 9.23. The van der Waals surface area contributed by atoms with Crippen molar-refractivity contribution >= 4 is 11.8 Å². The molecule has 0 aromatic carbocycles. The third kappa shape index (κ3) is 3.18. The van der Waals surface area contributed by atoms with E-state index in [1.165, 1.54) is 37.9 Å². The SMILES string of the molecule is CCNC1CC2CCC(C1)N2C(C)CCSC. The molecule has 0 saturated carbocycles. The Bertz CT molecular complexity index is 220. The van der Waals surface area contributed by atoms with Crippen molar-refractivity contribution in [2.45, 2.75) is 70.1 Å². The number of thioether (sulfide) groups is 1. The molecular weight excluding hydrogens is 228 g/mol. The van der Waals surface area contributed by atoms with Gasteiger partial charge in [-0.2, -0.15) is 11.8 Å². The van der Waals surface area contributed by atoms with Crippen molar-refractivity contribution in [3.63, 3.8) is 0 Å². The summed E-state index contributed by atoms with van der Waals surface area (Å²) in [6, 6.07) is 3.33. The molecule has 3 heteroatoms. The van der Waals surface area contributed by atoms with E-state index in [9.17, 15) is 0 Å². The lowest BCUT2D eigenvalue weighted by Crippen LogP contribution is -2.52. The van der Waals surface area contributed by atoms with E-state index in [0.717, 1.165) is 30.7 Å². The molecule has 0 aromatic heterocycles. The molecular formula is C14H28N2S. The molecule has 0 spiro atoms. The Morgan fingerprint density at radius 3 is 2.47 bits per heavy atom. The van der Waals surface area contributed by atoms with Gasteiger partial charge in [0.2, 0.25) is 0 Å². The number of fused-ring (bicyclic) bond motifs is 2. The molecule has 2 fully saturated rings. The molecule has 2 bridgehead atoms. The minimum atomic E-state index is 0.793. The van der Waals surface area contributed by atoms with Crippen molar-refractivity contribution < 1.29 is 0 Å². The highest BCUT2D eigenvalue weighted by atomic mass is 32.2. The van der Waals surface area contributed by atoms with Crippen LogP contribution in [0.3, 0.4) is 0 Å². The smallest absolute Gasteiger partial charge is 0.0116 e. The monoisotopic (exact) mass is 256 g/mol. The highest BCUT2D eigenvalue weighted by molar-refractivity contribution is 7.98. The molecule has 2 rings (SSSR count). The van der Waals surface area contributed by atoms with Gasteiger partial charge in [-0.05, 0) is 57.6 Å². The van der Waals surface area contributed by atoms with Crippen LogP contribution in [0.25, 0.3) is 0 Å². The molecule has 2 aliphatic heterocycles. The zero-order chi connectivity index (χ0) is 12.3. The number of piperidine rings is 1. The van der Waals surface area contributed by atoms with Gasteiger partial charge in [0.15, 0.2) is 0 Å². The average Bonchev–Trinajstić information content (AvgIpc) is 2.59. The minimum absolute atomic E-state index is 0.793. The Balaban J connectivity index is 1.89. The Hall–Kier alpha value is 0.270. The van der Waals surface area contributed by atoms with Crippen molar-refractivity contribution in [3.8, 4) is 0 Å². The molecule has 2 aliphatic rings. The maximum atomic E-state index is 3.66. The summed E-state index contributed by atoms with van der Waals surface area (Å²) in [7, 11) is 0. The summed E-state index contributed by atoms with van der Waals surface area (Å²) in [6.45, 7) is 5.80. The molecule has 1 N–H and O–H groups in total. The van der Waals surface area contributed by atoms with Gasteiger partial charge in [-0.25, -0.2) is 0 Å². The van der Waals surface area contributed by atoms with Crippen LogP contribution in [0.1, 0.15) is 46.0 Å². The summed E-state index contributed by atoms with van der Waals surface area (Å²) in [4.78, 5) is 2.85. The fourth-order valence-electron chi connectivity index (χ4n) is 3.83. The first kappa shape index (κ1) is 13.7. The maximum absolute atomic E-state index is 3.66. The zero-order valence-electron chi connectivity index (χ0n) is 11.6. The fraction of sp³-hybridized carbons (Fsp3) is 1.00. The number of hydrogen-bond acceptors (Lipinski definition) is 3. The molecule has 0 aliphatic carbocycles. The molecule has 0 aromatic rings. The van der Waals surface area contributed by atoms with Gasteiger partial charge in [0, 0.05) is 24.2 Å². The first-order chi connectivity index (χ1) is 8.26. The van der Waals surface area contributed by atoms with E-state index >= 15 is 0 Å². The zero-order valence-corrected chi connectivity index (χ0v) is 12.4. The Morgan fingerprint density at radius 1 is 1.29 bits per heavy atom. The second-order valence-electron chi connectivity index (χ2n) is 5.69. The molecule has 2 nitrogen and oxygen atoms in total. The average molecular weight is 256 g/mol. The van der Waals surface area contributed by atoms with Gasteiger partial charge in [-0.3, -0.25) is 4.90 Å². The summed E-state index contributed by atoms with van der Waals surface area (Å²) >= 11 is 1.99. The normalized spacial score (nSPS) is 35.1. The van der Waals surface area contributed by atoms with Crippen LogP contribution >= 0.6 is 11.8 Å². The predicted molar refractivity (Wildman–Crippen MR) is 77.8 cm³/mol. The molecule has 3 atom stereocenters. The first-order valence-electron chi connectivity index (χ1n) is 7.26.